The Morgan fingerprint density at radius 3 is 2.73 bits per heavy atom. The number of amides is 2. The van der Waals surface area contributed by atoms with Gasteiger partial charge in [0.15, 0.2) is 0 Å². The number of hydrogen-bond donors (Lipinski definition) is 3. The largest absolute Gasteiger partial charge is 0.491 e. The van der Waals surface area contributed by atoms with E-state index in [-0.39, 0.29) is 30.5 Å². The lowest BCUT2D eigenvalue weighted by molar-refractivity contribution is 0.0938. The van der Waals surface area contributed by atoms with Crippen LogP contribution in [0.2, 0.25) is 0 Å². The van der Waals surface area contributed by atoms with Crippen molar-refractivity contribution in [2.24, 2.45) is 0 Å². The van der Waals surface area contributed by atoms with Crippen molar-refractivity contribution in [3.8, 4) is 5.75 Å². The van der Waals surface area contributed by atoms with Crippen LogP contribution in [0.3, 0.4) is 0 Å². The average Bonchev–Trinajstić information content (AvgIpc) is 2.49. The van der Waals surface area contributed by atoms with E-state index in [1.54, 1.807) is 12.1 Å². The van der Waals surface area contributed by atoms with E-state index in [0.717, 1.165) is 25.7 Å². The SMILES string of the molecule is CC(COc1ccc(F)cc1)NC(=O)NC1CCCCC1O. The summed E-state index contributed by atoms with van der Waals surface area (Å²) >= 11 is 0. The Labute approximate surface area is 129 Å². The molecule has 0 saturated heterocycles. The van der Waals surface area contributed by atoms with Crippen molar-refractivity contribution in [1.82, 2.24) is 10.6 Å². The van der Waals surface area contributed by atoms with Crippen molar-refractivity contribution >= 4 is 6.03 Å². The molecule has 3 atom stereocenters. The number of carbonyl (C=O) groups excluding carboxylic acids is 1. The number of ether oxygens (including phenoxy) is 1. The molecule has 0 heterocycles. The molecular weight excluding hydrogens is 287 g/mol. The lowest BCUT2D eigenvalue weighted by Gasteiger charge is -2.28. The zero-order valence-electron chi connectivity index (χ0n) is 12.7. The van der Waals surface area contributed by atoms with Gasteiger partial charge in [0.25, 0.3) is 0 Å². The van der Waals surface area contributed by atoms with Crippen LogP contribution in [0.1, 0.15) is 32.6 Å². The van der Waals surface area contributed by atoms with Gasteiger partial charge in [-0.05, 0) is 44.0 Å². The molecule has 0 bridgehead atoms. The highest BCUT2D eigenvalue weighted by molar-refractivity contribution is 5.74. The standard InChI is InChI=1S/C16H23FN2O3/c1-11(10-22-13-8-6-12(17)7-9-13)18-16(21)19-14-4-2-3-5-15(14)20/h6-9,11,14-15,20H,2-5,10H2,1H3,(H2,18,19,21). The first-order valence-corrected chi connectivity index (χ1v) is 7.68. The normalized spacial score (nSPS) is 22.7. The van der Waals surface area contributed by atoms with Gasteiger partial charge in [0, 0.05) is 0 Å². The first-order chi connectivity index (χ1) is 10.5. The Balaban J connectivity index is 1.70. The predicted octanol–water partition coefficient (Wildman–Crippen LogP) is 2.20. The molecule has 0 radical (unpaired) electrons. The fraction of sp³-hybridized carbons (Fsp3) is 0.562. The van der Waals surface area contributed by atoms with Gasteiger partial charge in [-0.25, -0.2) is 9.18 Å². The summed E-state index contributed by atoms with van der Waals surface area (Å²) in [6.07, 6.45) is 3.09. The Morgan fingerprint density at radius 2 is 2.05 bits per heavy atom. The maximum atomic E-state index is 12.8. The van der Waals surface area contributed by atoms with Gasteiger partial charge >= 0.3 is 6.03 Å². The molecule has 1 aromatic carbocycles. The zero-order valence-corrected chi connectivity index (χ0v) is 12.7. The van der Waals surface area contributed by atoms with Crippen molar-refractivity contribution in [2.75, 3.05) is 6.61 Å². The highest BCUT2D eigenvalue weighted by Gasteiger charge is 2.24. The van der Waals surface area contributed by atoms with Crippen LogP contribution >= 0.6 is 0 Å². The predicted molar refractivity (Wildman–Crippen MR) is 81.3 cm³/mol. The summed E-state index contributed by atoms with van der Waals surface area (Å²) in [6.45, 7) is 2.10. The number of urea groups is 1. The van der Waals surface area contributed by atoms with Gasteiger partial charge in [-0.1, -0.05) is 12.8 Å². The minimum atomic E-state index is -0.467. The summed E-state index contributed by atoms with van der Waals surface area (Å²) in [6, 6.07) is 5.04. The molecule has 1 saturated carbocycles. The van der Waals surface area contributed by atoms with Gasteiger partial charge in [-0.3, -0.25) is 0 Å². The summed E-state index contributed by atoms with van der Waals surface area (Å²) in [7, 11) is 0. The van der Waals surface area contributed by atoms with Crippen molar-refractivity contribution in [3.05, 3.63) is 30.1 Å². The summed E-state index contributed by atoms with van der Waals surface area (Å²) in [5.74, 6) is 0.238. The molecule has 0 spiro atoms. The molecule has 6 heteroatoms. The third-order valence-corrected chi connectivity index (χ3v) is 3.74. The molecular formula is C16H23FN2O3. The molecule has 2 rings (SSSR count). The fourth-order valence-corrected chi connectivity index (χ4v) is 2.51. The molecule has 1 fully saturated rings. The smallest absolute Gasteiger partial charge is 0.315 e. The minimum Gasteiger partial charge on any atom is -0.491 e. The van der Waals surface area contributed by atoms with Gasteiger partial charge in [0.1, 0.15) is 18.2 Å². The Morgan fingerprint density at radius 1 is 1.36 bits per heavy atom. The average molecular weight is 310 g/mol. The van der Waals surface area contributed by atoms with Crippen LogP contribution in [0.4, 0.5) is 9.18 Å². The van der Waals surface area contributed by atoms with Crippen molar-refractivity contribution < 1.29 is 19.0 Å². The highest BCUT2D eigenvalue weighted by atomic mass is 19.1. The molecule has 0 aliphatic heterocycles. The quantitative estimate of drug-likeness (QED) is 0.781. The number of halogens is 1. The molecule has 22 heavy (non-hydrogen) atoms. The van der Waals surface area contributed by atoms with Gasteiger partial charge < -0.3 is 20.5 Å². The topological polar surface area (TPSA) is 70.6 Å². The van der Waals surface area contributed by atoms with Crippen LogP contribution in [0.25, 0.3) is 0 Å². The Hall–Kier alpha value is -1.82. The molecule has 1 aliphatic carbocycles. The molecule has 2 amide bonds. The van der Waals surface area contributed by atoms with Gasteiger partial charge in [-0.2, -0.15) is 0 Å². The van der Waals surface area contributed by atoms with E-state index in [4.69, 9.17) is 4.74 Å². The van der Waals surface area contributed by atoms with Gasteiger partial charge in [0.2, 0.25) is 0 Å². The maximum Gasteiger partial charge on any atom is 0.315 e. The first-order valence-electron chi connectivity index (χ1n) is 7.68. The molecule has 122 valence electrons. The van der Waals surface area contributed by atoms with E-state index in [9.17, 15) is 14.3 Å². The van der Waals surface area contributed by atoms with Crippen LogP contribution < -0.4 is 15.4 Å². The molecule has 1 aromatic rings. The third kappa shape index (κ3) is 5.18. The minimum absolute atomic E-state index is 0.182. The number of aliphatic hydroxyl groups is 1. The molecule has 1 aliphatic rings. The van der Waals surface area contributed by atoms with Crippen molar-refractivity contribution in [2.45, 2.75) is 50.8 Å². The monoisotopic (exact) mass is 310 g/mol. The van der Waals surface area contributed by atoms with Crippen LogP contribution in [-0.2, 0) is 0 Å². The van der Waals surface area contributed by atoms with Crippen LogP contribution in [0.5, 0.6) is 5.75 Å². The van der Waals surface area contributed by atoms with Crippen LogP contribution in [-0.4, -0.2) is 35.9 Å². The van der Waals surface area contributed by atoms with E-state index >= 15 is 0 Å². The summed E-state index contributed by atoms with van der Waals surface area (Å²) < 4.78 is 18.2. The van der Waals surface area contributed by atoms with Crippen molar-refractivity contribution in [1.29, 1.82) is 0 Å². The number of rotatable bonds is 5. The molecule has 0 aromatic heterocycles. The van der Waals surface area contributed by atoms with E-state index in [1.807, 2.05) is 6.92 Å². The highest BCUT2D eigenvalue weighted by Crippen LogP contribution is 2.18. The summed E-state index contributed by atoms with van der Waals surface area (Å²) in [5.41, 5.74) is 0. The molecule has 5 nitrogen and oxygen atoms in total. The van der Waals surface area contributed by atoms with E-state index in [0.29, 0.717) is 5.75 Å². The first kappa shape index (κ1) is 16.5. The number of aliphatic hydroxyl groups excluding tert-OH is 1. The Bertz CT molecular complexity index is 481. The van der Waals surface area contributed by atoms with Gasteiger partial charge in [0.05, 0.1) is 18.2 Å². The summed E-state index contributed by atoms with van der Waals surface area (Å²) in [5, 5.41) is 15.4. The zero-order chi connectivity index (χ0) is 15.9. The van der Waals surface area contributed by atoms with Crippen LogP contribution in [0.15, 0.2) is 24.3 Å². The second-order valence-electron chi connectivity index (χ2n) is 5.74. The lowest BCUT2D eigenvalue weighted by Crippen LogP contribution is -2.51. The number of carbonyl (C=O) groups is 1. The second-order valence-corrected chi connectivity index (χ2v) is 5.74. The molecule has 3 N–H and O–H groups in total. The maximum absolute atomic E-state index is 12.8. The lowest BCUT2D eigenvalue weighted by atomic mass is 9.93. The Kier molecular flexibility index (Phi) is 6.00. The number of benzene rings is 1. The summed E-state index contributed by atoms with van der Waals surface area (Å²) in [4.78, 5) is 11.9. The second kappa shape index (κ2) is 7.98. The van der Waals surface area contributed by atoms with Crippen LogP contribution in [0, 0.1) is 5.82 Å². The fourth-order valence-electron chi connectivity index (χ4n) is 2.51. The van der Waals surface area contributed by atoms with Gasteiger partial charge in [-0.15, -0.1) is 0 Å². The number of hydrogen-bond acceptors (Lipinski definition) is 3. The molecule has 3 unspecified atom stereocenters. The van der Waals surface area contributed by atoms with Crippen molar-refractivity contribution in [3.63, 3.8) is 0 Å². The third-order valence-electron chi connectivity index (χ3n) is 3.74. The van der Waals surface area contributed by atoms with E-state index < -0.39 is 6.10 Å². The van der Waals surface area contributed by atoms with E-state index in [1.165, 1.54) is 12.1 Å². The number of nitrogens with one attached hydrogen (secondary N) is 2. The van der Waals surface area contributed by atoms with E-state index in [2.05, 4.69) is 10.6 Å².